The summed E-state index contributed by atoms with van der Waals surface area (Å²) in [6.07, 6.45) is -0.00833. The fourth-order valence-electron chi connectivity index (χ4n) is 4.64. The largest absolute Gasteiger partial charge is 0.508 e. The van der Waals surface area contributed by atoms with Crippen molar-refractivity contribution in [3.63, 3.8) is 0 Å². The molecule has 1 amide bonds. The maximum atomic E-state index is 13.0. The third-order valence-electron chi connectivity index (χ3n) is 6.85. The number of aryl methyl sites for hydroxylation is 1. The number of carbonyl (C=O) groups excluding carboxylic acids is 1. The predicted molar refractivity (Wildman–Crippen MR) is 145 cm³/mol. The number of hydrogen-bond donors (Lipinski definition) is 5. The van der Waals surface area contributed by atoms with Crippen molar-refractivity contribution in [2.24, 2.45) is 7.05 Å². The summed E-state index contributed by atoms with van der Waals surface area (Å²) in [6.45, 7) is 4.09. The molecule has 4 rings (SSSR count). The van der Waals surface area contributed by atoms with Gasteiger partial charge in [-0.1, -0.05) is 42.5 Å². The van der Waals surface area contributed by atoms with E-state index in [1.54, 1.807) is 12.1 Å². The second kappa shape index (κ2) is 11.6. The molecule has 0 spiro atoms. The highest BCUT2D eigenvalue weighted by Gasteiger charge is 2.17. The van der Waals surface area contributed by atoms with Crippen LogP contribution in [0.3, 0.4) is 0 Å². The lowest BCUT2D eigenvalue weighted by atomic mass is 10.0. The first-order valence-corrected chi connectivity index (χ1v) is 12.5. The maximum absolute atomic E-state index is 13.0. The van der Waals surface area contributed by atoms with Gasteiger partial charge in [-0.3, -0.25) is 4.79 Å². The van der Waals surface area contributed by atoms with Crippen LogP contribution in [0, 0.1) is 0 Å². The summed E-state index contributed by atoms with van der Waals surface area (Å²) in [4.78, 5) is 13.0. The van der Waals surface area contributed by atoms with Gasteiger partial charge in [0.1, 0.15) is 11.4 Å². The number of aromatic nitrogens is 1. The van der Waals surface area contributed by atoms with Crippen molar-refractivity contribution in [1.29, 1.82) is 0 Å². The zero-order chi connectivity index (χ0) is 26.5. The van der Waals surface area contributed by atoms with Crippen LogP contribution in [0.2, 0.25) is 0 Å². The molecule has 4 aromatic rings. The number of fused-ring (bicyclic) bond motifs is 1. The first-order valence-electron chi connectivity index (χ1n) is 12.5. The van der Waals surface area contributed by atoms with Crippen molar-refractivity contribution in [3.05, 3.63) is 101 Å². The Labute approximate surface area is 217 Å². The highest BCUT2D eigenvalue weighted by Crippen LogP contribution is 2.24. The number of aliphatic hydroxyl groups excluding tert-OH is 2. The molecule has 0 fully saturated rings. The Morgan fingerprint density at radius 1 is 0.973 bits per heavy atom. The molecule has 1 heterocycles. The fraction of sp³-hybridized carbons (Fsp3) is 0.300. The molecule has 0 aliphatic carbocycles. The predicted octanol–water partition coefficient (Wildman–Crippen LogP) is 4.12. The fourth-order valence-corrected chi connectivity index (χ4v) is 4.64. The van der Waals surface area contributed by atoms with Crippen LogP contribution in [-0.2, 0) is 20.1 Å². The molecule has 7 heteroatoms. The van der Waals surface area contributed by atoms with Crippen molar-refractivity contribution >= 4 is 16.8 Å². The summed E-state index contributed by atoms with van der Waals surface area (Å²) >= 11 is 0. The third-order valence-corrected chi connectivity index (χ3v) is 6.85. The van der Waals surface area contributed by atoms with Gasteiger partial charge in [-0.05, 0) is 67.3 Å². The van der Waals surface area contributed by atoms with Gasteiger partial charge in [0.05, 0.1) is 18.8 Å². The van der Waals surface area contributed by atoms with Crippen LogP contribution in [0.15, 0.2) is 72.8 Å². The summed E-state index contributed by atoms with van der Waals surface area (Å²) in [6, 6.07) is 22.8. The van der Waals surface area contributed by atoms with Gasteiger partial charge in [0.2, 0.25) is 0 Å². The van der Waals surface area contributed by atoms with Gasteiger partial charge in [-0.15, -0.1) is 0 Å². The number of amides is 1. The van der Waals surface area contributed by atoms with Gasteiger partial charge in [0, 0.05) is 36.1 Å². The Morgan fingerprint density at radius 3 is 2.46 bits per heavy atom. The van der Waals surface area contributed by atoms with Crippen LogP contribution in [0.25, 0.3) is 10.9 Å². The van der Waals surface area contributed by atoms with E-state index < -0.39 is 6.10 Å². The van der Waals surface area contributed by atoms with Gasteiger partial charge in [-0.25, -0.2) is 0 Å². The number of nitrogens with zero attached hydrogens (tertiary/aromatic N) is 1. The maximum Gasteiger partial charge on any atom is 0.268 e. The molecule has 0 radical (unpaired) electrons. The van der Waals surface area contributed by atoms with E-state index in [-0.39, 0.29) is 30.3 Å². The highest BCUT2D eigenvalue weighted by atomic mass is 16.3. The Bertz CT molecular complexity index is 1370. The molecule has 194 valence electrons. The second-order valence-corrected chi connectivity index (χ2v) is 9.66. The molecule has 0 aliphatic rings. The normalized spacial score (nSPS) is 13.9. The molecule has 37 heavy (non-hydrogen) atoms. The topological polar surface area (TPSA) is 107 Å². The smallest absolute Gasteiger partial charge is 0.268 e. The number of rotatable bonds is 10. The molecule has 0 saturated carbocycles. The van der Waals surface area contributed by atoms with Crippen molar-refractivity contribution in [2.75, 3.05) is 6.54 Å². The molecular formula is C30H35N3O4. The lowest BCUT2D eigenvalue weighted by molar-refractivity contribution is 0.0932. The van der Waals surface area contributed by atoms with Crippen molar-refractivity contribution in [1.82, 2.24) is 15.2 Å². The summed E-state index contributed by atoms with van der Waals surface area (Å²) in [5.74, 6) is -0.0957. The Hall–Kier alpha value is -3.65. The minimum Gasteiger partial charge on any atom is -0.508 e. The quantitative estimate of drug-likeness (QED) is 0.225. The minimum atomic E-state index is -0.760. The van der Waals surface area contributed by atoms with E-state index in [1.807, 2.05) is 61.0 Å². The molecule has 0 saturated heterocycles. The van der Waals surface area contributed by atoms with E-state index in [9.17, 15) is 20.1 Å². The summed E-state index contributed by atoms with van der Waals surface area (Å²) in [5.41, 5.74) is 4.82. The molecule has 3 aromatic carbocycles. The van der Waals surface area contributed by atoms with Gasteiger partial charge < -0.3 is 30.5 Å². The second-order valence-electron chi connectivity index (χ2n) is 9.66. The van der Waals surface area contributed by atoms with E-state index >= 15 is 0 Å². The first-order chi connectivity index (χ1) is 17.8. The number of carbonyl (C=O) groups is 1. The molecule has 3 unspecified atom stereocenters. The lowest BCUT2D eigenvalue weighted by Crippen LogP contribution is -2.32. The molecule has 3 atom stereocenters. The van der Waals surface area contributed by atoms with E-state index in [0.717, 1.165) is 28.5 Å². The van der Waals surface area contributed by atoms with Crippen LogP contribution >= 0.6 is 0 Å². The van der Waals surface area contributed by atoms with Crippen molar-refractivity contribution in [2.45, 2.75) is 45.1 Å². The minimum absolute atomic E-state index is 0.0161. The standard InChI is InChI=1S/C30H35N3O4/c1-19(31-17-29(36)23-10-12-28(35)25(15-23)18-34)13-21-9-11-26-24(14-21)16-27(33(26)3)30(37)32-20(2)22-7-5-4-6-8-22/h4-12,14-16,19-20,29,31,34-36H,13,17-18H2,1-3H3,(H,32,37). The number of phenols is 1. The van der Waals surface area contributed by atoms with Crippen molar-refractivity contribution in [3.8, 4) is 5.75 Å². The molecular weight excluding hydrogens is 466 g/mol. The van der Waals surface area contributed by atoms with Crippen LogP contribution < -0.4 is 10.6 Å². The number of benzene rings is 3. The Kier molecular flexibility index (Phi) is 8.28. The van der Waals surface area contributed by atoms with Gasteiger partial charge in [0.25, 0.3) is 5.91 Å². The van der Waals surface area contributed by atoms with Crippen LogP contribution in [-0.4, -0.2) is 38.4 Å². The lowest BCUT2D eigenvalue weighted by Gasteiger charge is -2.18. The highest BCUT2D eigenvalue weighted by molar-refractivity contribution is 5.99. The third kappa shape index (κ3) is 6.20. The molecule has 0 aliphatic heterocycles. The van der Waals surface area contributed by atoms with E-state index in [4.69, 9.17) is 0 Å². The Morgan fingerprint density at radius 2 is 1.73 bits per heavy atom. The monoisotopic (exact) mass is 501 g/mol. The summed E-state index contributed by atoms with van der Waals surface area (Å²) in [5, 5.41) is 37.1. The molecule has 0 bridgehead atoms. The number of aromatic hydroxyl groups is 1. The zero-order valence-electron chi connectivity index (χ0n) is 21.5. The van der Waals surface area contributed by atoms with E-state index in [2.05, 4.69) is 29.7 Å². The van der Waals surface area contributed by atoms with Crippen LogP contribution in [0.4, 0.5) is 0 Å². The van der Waals surface area contributed by atoms with Gasteiger partial charge in [-0.2, -0.15) is 0 Å². The average Bonchev–Trinajstić information content (AvgIpc) is 3.23. The first kappa shape index (κ1) is 26.4. The Balaban J connectivity index is 1.39. The van der Waals surface area contributed by atoms with Crippen LogP contribution in [0.5, 0.6) is 5.75 Å². The summed E-state index contributed by atoms with van der Waals surface area (Å²) in [7, 11) is 1.90. The van der Waals surface area contributed by atoms with Gasteiger partial charge in [0.15, 0.2) is 0 Å². The SMILES string of the molecule is CC(Cc1ccc2c(c1)cc(C(=O)NC(C)c1ccccc1)n2C)NCC(O)c1ccc(O)c(CO)c1. The van der Waals surface area contributed by atoms with E-state index in [0.29, 0.717) is 23.4 Å². The van der Waals surface area contributed by atoms with Gasteiger partial charge >= 0.3 is 0 Å². The zero-order valence-corrected chi connectivity index (χ0v) is 21.5. The number of hydrogen-bond acceptors (Lipinski definition) is 5. The number of nitrogens with one attached hydrogen (secondary N) is 2. The summed E-state index contributed by atoms with van der Waals surface area (Å²) < 4.78 is 1.92. The van der Waals surface area contributed by atoms with Crippen LogP contribution in [0.1, 0.15) is 58.7 Å². The van der Waals surface area contributed by atoms with E-state index in [1.165, 1.54) is 6.07 Å². The molecule has 7 nitrogen and oxygen atoms in total. The molecule has 5 N–H and O–H groups in total. The average molecular weight is 502 g/mol. The van der Waals surface area contributed by atoms with Crippen molar-refractivity contribution < 1.29 is 20.1 Å². The number of aliphatic hydroxyl groups is 2. The molecule has 1 aromatic heterocycles.